The number of anilines is 2. The lowest BCUT2D eigenvalue weighted by atomic mass is 9.86. The minimum absolute atomic E-state index is 0.186. The van der Waals surface area contributed by atoms with E-state index in [-0.39, 0.29) is 18.5 Å². The molecule has 0 atom stereocenters. The van der Waals surface area contributed by atoms with Crippen LogP contribution in [-0.2, 0) is 0 Å². The molecule has 1 saturated carbocycles. The molecule has 0 bridgehead atoms. The second-order valence-corrected chi connectivity index (χ2v) is 7.42. The van der Waals surface area contributed by atoms with Crippen molar-refractivity contribution >= 4 is 17.7 Å². The predicted molar refractivity (Wildman–Crippen MR) is 104 cm³/mol. The Labute approximate surface area is 167 Å². The van der Waals surface area contributed by atoms with Gasteiger partial charge >= 0.3 is 0 Å². The van der Waals surface area contributed by atoms with E-state index in [1.54, 1.807) is 6.20 Å². The predicted octanol–water partition coefficient (Wildman–Crippen LogP) is 3.36. The van der Waals surface area contributed by atoms with E-state index in [1.807, 2.05) is 25.1 Å². The van der Waals surface area contributed by atoms with E-state index in [0.29, 0.717) is 12.0 Å². The molecule has 6 nitrogen and oxygen atoms in total. The highest BCUT2D eigenvalue weighted by atomic mass is 19.2. The fraction of sp³-hybridized carbons (Fsp3) is 0.450. The number of benzene rings is 1. The lowest BCUT2D eigenvalue weighted by Crippen LogP contribution is -2.35. The molecule has 9 heteroatoms. The van der Waals surface area contributed by atoms with Gasteiger partial charge in [0, 0.05) is 32.9 Å². The smallest absolute Gasteiger partial charge is 0.257 e. The molecule has 1 fully saturated rings. The van der Waals surface area contributed by atoms with Gasteiger partial charge in [-0.3, -0.25) is 4.79 Å². The number of amides is 1. The van der Waals surface area contributed by atoms with Crippen LogP contribution in [-0.4, -0.2) is 42.6 Å². The molecule has 1 amide bonds. The molecule has 29 heavy (non-hydrogen) atoms. The molecule has 2 aromatic rings. The molecule has 0 saturated heterocycles. The highest BCUT2D eigenvalue weighted by molar-refractivity contribution is 5.94. The first-order valence-corrected chi connectivity index (χ1v) is 9.53. The van der Waals surface area contributed by atoms with Crippen LogP contribution in [0.5, 0.6) is 0 Å². The van der Waals surface area contributed by atoms with Crippen LogP contribution in [0.15, 0.2) is 24.4 Å². The first-order valence-electron chi connectivity index (χ1n) is 9.53. The Morgan fingerprint density at radius 1 is 1.10 bits per heavy atom. The van der Waals surface area contributed by atoms with Gasteiger partial charge < -0.3 is 15.5 Å². The summed E-state index contributed by atoms with van der Waals surface area (Å²) in [6.07, 6.45) is 5.09. The highest BCUT2D eigenvalue weighted by Crippen LogP contribution is 2.26. The number of hydrogen-bond acceptors (Lipinski definition) is 5. The van der Waals surface area contributed by atoms with Crippen LogP contribution in [0.25, 0.3) is 0 Å². The van der Waals surface area contributed by atoms with Crippen LogP contribution >= 0.6 is 0 Å². The number of aromatic nitrogens is 2. The summed E-state index contributed by atoms with van der Waals surface area (Å²) in [5, 5.41) is 5.86. The van der Waals surface area contributed by atoms with Crippen molar-refractivity contribution in [3.63, 3.8) is 0 Å². The van der Waals surface area contributed by atoms with Crippen molar-refractivity contribution in [3.05, 3.63) is 47.4 Å². The van der Waals surface area contributed by atoms with Crippen molar-refractivity contribution in [2.24, 2.45) is 5.92 Å². The molecule has 156 valence electrons. The number of rotatable bonds is 6. The van der Waals surface area contributed by atoms with Gasteiger partial charge in [-0.15, -0.1) is 0 Å². The van der Waals surface area contributed by atoms with E-state index in [2.05, 4.69) is 20.6 Å². The van der Waals surface area contributed by atoms with Gasteiger partial charge in [0.25, 0.3) is 5.91 Å². The first kappa shape index (κ1) is 20.9. The van der Waals surface area contributed by atoms with Gasteiger partial charge in [0.1, 0.15) is 17.2 Å². The van der Waals surface area contributed by atoms with Gasteiger partial charge in [0.15, 0.2) is 11.6 Å². The number of nitrogens with one attached hydrogen (secondary N) is 2. The van der Waals surface area contributed by atoms with Gasteiger partial charge in [-0.05, 0) is 49.8 Å². The van der Waals surface area contributed by atoms with Crippen molar-refractivity contribution in [1.82, 2.24) is 15.3 Å². The fourth-order valence-electron chi connectivity index (χ4n) is 3.42. The van der Waals surface area contributed by atoms with Crippen LogP contribution in [0.4, 0.5) is 24.9 Å². The molecule has 3 rings (SSSR count). The number of halogens is 3. The van der Waals surface area contributed by atoms with E-state index in [9.17, 15) is 18.0 Å². The molecule has 0 unspecified atom stereocenters. The highest BCUT2D eigenvalue weighted by Gasteiger charge is 2.24. The van der Waals surface area contributed by atoms with E-state index in [4.69, 9.17) is 0 Å². The fourth-order valence-corrected chi connectivity index (χ4v) is 3.42. The summed E-state index contributed by atoms with van der Waals surface area (Å²) in [6, 6.07) is 3.46. The van der Waals surface area contributed by atoms with Crippen LogP contribution in [0, 0.1) is 23.4 Å². The van der Waals surface area contributed by atoms with E-state index in [1.165, 1.54) is 0 Å². The Morgan fingerprint density at radius 2 is 1.79 bits per heavy atom. The Hall–Kier alpha value is -2.84. The summed E-state index contributed by atoms with van der Waals surface area (Å²) < 4.78 is 40.7. The lowest BCUT2D eigenvalue weighted by molar-refractivity contribution is 0.0933. The molecule has 0 spiro atoms. The molecular weight excluding hydrogens is 383 g/mol. The average molecular weight is 407 g/mol. The number of carbonyl (C=O) groups is 1. The number of nitrogens with zero attached hydrogens (tertiary/aromatic N) is 3. The topological polar surface area (TPSA) is 70.2 Å². The first-order chi connectivity index (χ1) is 13.8. The van der Waals surface area contributed by atoms with Crippen molar-refractivity contribution in [3.8, 4) is 0 Å². The molecule has 2 N–H and O–H groups in total. The normalized spacial score (nSPS) is 18.9. The standard InChI is InChI=1S/C20H24F3N5O/c1-28(2)16-9-10-24-20(27-16)26-13-5-3-12(4-6-13)11-25-19(29)17-14(21)7-8-15(22)18(17)23/h7-10,12-13H,3-6,11H2,1-2H3,(H,25,29)(H,24,26,27)/t12-,13+. The maximum Gasteiger partial charge on any atom is 0.257 e. The Balaban J connectivity index is 1.49. The molecule has 1 aliphatic rings. The Morgan fingerprint density at radius 3 is 2.48 bits per heavy atom. The van der Waals surface area contributed by atoms with E-state index >= 15 is 0 Å². The van der Waals surface area contributed by atoms with Crippen molar-refractivity contribution < 1.29 is 18.0 Å². The molecule has 0 radical (unpaired) electrons. The van der Waals surface area contributed by atoms with Crippen LogP contribution in [0.2, 0.25) is 0 Å². The summed E-state index contributed by atoms with van der Waals surface area (Å²) in [5.74, 6) is -3.15. The monoisotopic (exact) mass is 407 g/mol. The maximum absolute atomic E-state index is 13.7. The maximum atomic E-state index is 13.7. The second kappa shape index (κ2) is 9.11. The molecule has 1 aliphatic carbocycles. The van der Waals surface area contributed by atoms with Gasteiger partial charge in [0.05, 0.1) is 0 Å². The quantitative estimate of drug-likeness (QED) is 0.719. The molecule has 1 heterocycles. The summed E-state index contributed by atoms with van der Waals surface area (Å²) in [4.78, 5) is 22.7. The van der Waals surface area contributed by atoms with Crippen molar-refractivity contribution in [2.45, 2.75) is 31.7 Å². The van der Waals surface area contributed by atoms with Crippen molar-refractivity contribution in [1.29, 1.82) is 0 Å². The lowest BCUT2D eigenvalue weighted by Gasteiger charge is -2.29. The molecule has 1 aromatic carbocycles. The SMILES string of the molecule is CN(C)c1ccnc(N[C@H]2CC[C@@H](CNC(=O)c3c(F)ccc(F)c3F)CC2)n1. The third-order valence-electron chi connectivity index (χ3n) is 5.10. The van der Waals surface area contributed by atoms with Gasteiger partial charge in [-0.1, -0.05) is 0 Å². The number of hydrogen-bond donors (Lipinski definition) is 2. The Kier molecular flexibility index (Phi) is 6.56. The van der Waals surface area contributed by atoms with E-state index in [0.717, 1.165) is 37.6 Å². The van der Waals surface area contributed by atoms with Crippen LogP contribution < -0.4 is 15.5 Å². The second-order valence-electron chi connectivity index (χ2n) is 7.42. The molecule has 1 aromatic heterocycles. The Bertz CT molecular complexity index is 869. The minimum atomic E-state index is -1.46. The summed E-state index contributed by atoms with van der Waals surface area (Å²) in [7, 11) is 3.82. The number of carbonyl (C=O) groups excluding carboxylic acids is 1. The summed E-state index contributed by atoms with van der Waals surface area (Å²) >= 11 is 0. The third kappa shape index (κ3) is 5.16. The molecule has 0 aliphatic heterocycles. The zero-order valence-electron chi connectivity index (χ0n) is 16.4. The summed E-state index contributed by atoms with van der Waals surface area (Å²) in [5.41, 5.74) is -0.877. The summed E-state index contributed by atoms with van der Waals surface area (Å²) in [6.45, 7) is 0.285. The van der Waals surface area contributed by atoms with Gasteiger partial charge in [-0.2, -0.15) is 4.98 Å². The van der Waals surface area contributed by atoms with Crippen LogP contribution in [0.3, 0.4) is 0 Å². The largest absolute Gasteiger partial charge is 0.363 e. The third-order valence-corrected chi connectivity index (χ3v) is 5.10. The average Bonchev–Trinajstić information content (AvgIpc) is 2.71. The van der Waals surface area contributed by atoms with Gasteiger partial charge in [-0.25, -0.2) is 18.2 Å². The minimum Gasteiger partial charge on any atom is -0.363 e. The zero-order chi connectivity index (χ0) is 21.0. The zero-order valence-corrected chi connectivity index (χ0v) is 16.4. The van der Waals surface area contributed by atoms with Crippen LogP contribution in [0.1, 0.15) is 36.0 Å². The van der Waals surface area contributed by atoms with Gasteiger partial charge in [0.2, 0.25) is 5.95 Å². The molecular formula is C20H24F3N5O. The van der Waals surface area contributed by atoms with E-state index < -0.39 is 28.9 Å². The van der Waals surface area contributed by atoms with Crippen molar-refractivity contribution in [2.75, 3.05) is 30.9 Å².